The van der Waals surface area contributed by atoms with E-state index in [0.717, 1.165) is 19.6 Å². The predicted molar refractivity (Wildman–Crippen MR) is 68.6 cm³/mol. The minimum Gasteiger partial charge on any atom is -0.379 e. The van der Waals surface area contributed by atoms with E-state index in [1.807, 2.05) is 0 Å². The van der Waals surface area contributed by atoms with E-state index in [1.165, 1.54) is 12.8 Å². The second-order valence-electron chi connectivity index (χ2n) is 4.48. The van der Waals surface area contributed by atoms with E-state index in [9.17, 15) is 4.79 Å². The third kappa shape index (κ3) is 3.20. The summed E-state index contributed by atoms with van der Waals surface area (Å²) in [4.78, 5) is 13.7. The van der Waals surface area contributed by atoms with Crippen molar-refractivity contribution < 1.29 is 0 Å². The molecule has 17 heavy (non-hydrogen) atoms. The van der Waals surface area contributed by atoms with Crippen molar-refractivity contribution in [3.05, 3.63) is 21.6 Å². The van der Waals surface area contributed by atoms with E-state index in [2.05, 4.69) is 27.3 Å². The van der Waals surface area contributed by atoms with Gasteiger partial charge in [0.15, 0.2) is 0 Å². The number of aromatic amines is 1. The van der Waals surface area contributed by atoms with Crippen LogP contribution >= 0.6 is 11.6 Å². The number of rotatable bonds is 4. The Bertz CT molecular complexity index is 428. The zero-order valence-electron chi connectivity index (χ0n) is 9.87. The fourth-order valence-electron chi connectivity index (χ4n) is 2.15. The van der Waals surface area contributed by atoms with Gasteiger partial charge >= 0.3 is 0 Å². The maximum Gasteiger partial charge on any atom is 0.285 e. The lowest BCUT2D eigenvalue weighted by Gasteiger charge is -2.22. The molecule has 1 aliphatic rings. The largest absolute Gasteiger partial charge is 0.379 e. The summed E-state index contributed by atoms with van der Waals surface area (Å²) in [6.07, 6.45) is 4.10. The quantitative estimate of drug-likeness (QED) is 0.853. The van der Waals surface area contributed by atoms with Crippen molar-refractivity contribution in [2.24, 2.45) is 0 Å². The molecular formula is C11H17ClN4O. The maximum absolute atomic E-state index is 11.3. The third-order valence-corrected chi connectivity index (χ3v) is 3.30. The summed E-state index contributed by atoms with van der Waals surface area (Å²) in [6.45, 7) is 5.36. The lowest BCUT2D eigenvalue weighted by atomic mass is 10.3. The summed E-state index contributed by atoms with van der Waals surface area (Å²) in [5.41, 5.74) is 0.243. The molecule has 1 fully saturated rings. The highest BCUT2D eigenvalue weighted by atomic mass is 35.5. The highest BCUT2D eigenvalue weighted by Gasteiger charge is 2.15. The van der Waals surface area contributed by atoms with Crippen molar-refractivity contribution in [3.63, 3.8) is 0 Å². The number of H-pyrrole nitrogens is 1. The maximum atomic E-state index is 11.3. The number of anilines is 1. The van der Waals surface area contributed by atoms with Crippen LogP contribution in [0.5, 0.6) is 0 Å². The molecule has 2 rings (SSSR count). The fraction of sp³-hybridized carbons (Fsp3) is 0.636. The molecule has 1 aromatic rings. The standard InChI is InChI=1S/C11H17ClN4O/c1-8(7-16-4-2-3-5-16)14-9-6-13-15-11(17)10(9)12/h6,8H,2-5,7H2,1H3,(H2,14,15,17). The molecule has 6 heteroatoms. The Morgan fingerprint density at radius 3 is 3.00 bits per heavy atom. The first kappa shape index (κ1) is 12.4. The van der Waals surface area contributed by atoms with Crippen molar-refractivity contribution in [1.29, 1.82) is 0 Å². The number of hydrogen-bond acceptors (Lipinski definition) is 4. The molecule has 5 nitrogen and oxygen atoms in total. The van der Waals surface area contributed by atoms with Crippen LogP contribution in [0, 0.1) is 0 Å². The number of aromatic nitrogens is 2. The molecule has 1 atom stereocenters. The van der Waals surface area contributed by atoms with Crippen molar-refractivity contribution >= 4 is 17.3 Å². The van der Waals surface area contributed by atoms with E-state index in [1.54, 1.807) is 6.20 Å². The Labute approximate surface area is 105 Å². The van der Waals surface area contributed by atoms with Gasteiger partial charge in [0.25, 0.3) is 5.56 Å². The molecule has 0 aliphatic carbocycles. The van der Waals surface area contributed by atoms with Crippen molar-refractivity contribution in [3.8, 4) is 0 Å². The van der Waals surface area contributed by atoms with Gasteiger partial charge in [-0.15, -0.1) is 0 Å². The molecule has 2 N–H and O–H groups in total. The van der Waals surface area contributed by atoms with E-state index in [4.69, 9.17) is 11.6 Å². The van der Waals surface area contributed by atoms with Gasteiger partial charge in [0, 0.05) is 12.6 Å². The molecule has 1 saturated heterocycles. The van der Waals surface area contributed by atoms with Crippen LogP contribution in [0.25, 0.3) is 0 Å². The van der Waals surface area contributed by atoms with Crippen LogP contribution < -0.4 is 10.9 Å². The number of likely N-dealkylation sites (tertiary alicyclic amines) is 1. The van der Waals surface area contributed by atoms with Gasteiger partial charge in [-0.3, -0.25) is 4.79 Å². The first-order valence-corrected chi connectivity index (χ1v) is 6.26. The van der Waals surface area contributed by atoms with Crippen molar-refractivity contribution in [2.45, 2.75) is 25.8 Å². The number of nitrogens with one attached hydrogen (secondary N) is 2. The molecule has 1 aromatic heterocycles. The first-order chi connectivity index (χ1) is 8.16. The normalized spacial score (nSPS) is 18.2. The van der Waals surface area contributed by atoms with Gasteiger partial charge in [0.2, 0.25) is 0 Å². The summed E-state index contributed by atoms with van der Waals surface area (Å²) in [5.74, 6) is 0. The Balaban J connectivity index is 1.95. The van der Waals surface area contributed by atoms with Gasteiger partial charge in [-0.05, 0) is 32.9 Å². The topological polar surface area (TPSA) is 61.0 Å². The van der Waals surface area contributed by atoms with E-state index in [0.29, 0.717) is 5.69 Å². The summed E-state index contributed by atoms with van der Waals surface area (Å²) >= 11 is 5.89. The molecule has 0 aromatic carbocycles. The minimum absolute atomic E-state index is 0.174. The van der Waals surface area contributed by atoms with Crippen LogP contribution in [-0.4, -0.2) is 40.8 Å². The first-order valence-electron chi connectivity index (χ1n) is 5.89. The molecular weight excluding hydrogens is 240 g/mol. The van der Waals surface area contributed by atoms with E-state index >= 15 is 0 Å². The molecule has 94 valence electrons. The van der Waals surface area contributed by atoms with Crippen LogP contribution in [0.2, 0.25) is 5.02 Å². The van der Waals surface area contributed by atoms with Crippen LogP contribution in [0.3, 0.4) is 0 Å². The van der Waals surface area contributed by atoms with Crippen LogP contribution in [0.4, 0.5) is 5.69 Å². The Morgan fingerprint density at radius 2 is 2.29 bits per heavy atom. The second-order valence-corrected chi connectivity index (χ2v) is 4.86. The second kappa shape index (κ2) is 5.51. The lowest BCUT2D eigenvalue weighted by molar-refractivity contribution is 0.328. The number of halogens is 1. The zero-order chi connectivity index (χ0) is 12.3. The molecule has 0 radical (unpaired) electrons. The minimum atomic E-state index is -0.356. The Kier molecular flexibility index (Phi) is 4.02. The summed E-state index contributed by atoms with van der Waals surface area (Å²) in [5, 5.41) is 9.43. The van der Waals surface area contributed by atoms with Crippen LogP contribution in [0.1, 0.15) is 19.8 Å². The third-order valence-electron chi connectivity index (χ3n) is 2.93. The van der Waals surface area contributed by atoms with Gasteiger partial charge in [0.1, 0.15) is 5.02 Å². The lowest BCUT2D eigenvalue weighted by Crippen LogP contribution is -2.33. The smallest absolute Gasteiger partial charge is 0.285 e. The van der Waals surface area contributed by atoms with Gasteiger partial charge < -0.3 is 10.2 Å². The molecule has 1 aliphatic heterocycles. The van der Waals surface area contributed by atoms with E-state index in [-0.39, 0.29) is 16.6 Å². The van der Waals surface area contributed by atoms with Gasteiger partial charge in [0.05, 0.1) is 11.9 Å². The Hall–Kier alpha value is -1.07. The van der Waals surface area contributed by atoms with Gasteiger partial charge in [-0.2, -0.15) is 5.10 Å². The number of hydrogen-bond donors (Lipinski definition) is 2. The monoisotopic (exact) mass is 256 g/mol. The van der Waals surface area contributed by atoms with Crippen LogP contribution in [-0.2, 0) is 0 Å². The molecule has 0 bridgehead atoms. The fourth-order valence-corrected chi connectivity index (χ4v) is 2.29. The SMILES string of the molecule is CC(CN1CCCC1)Nc1cn[nH]c(=O)c1Cl. The predicted octanol–water partition coefficient (Wildman–Crippen LogP) is 1.32. The van der Waals surface area contributed by atoms with Gasteiger partial charge in [-0.1, -0.05) is 11.6 Å². The summed E-state index contributed by atoms with van der Waals surface area (Å²) in [6, 6.07) is 0.245. The molecule has 0 saturated carbocycles. The Morgan fingerprint density at radius 1 is 1.59 bits per heavy atom. The summed E-state index contributed by atoms with van der Waals surface area (Å²) in [7, 11) is 0. The highest BCUT2D eigenvalue weighted by molar-refractivity contribution is 6.32. The average molecular weight is 257 g/mol. The van der Waals surface area contributed by atoms with Crippen molar-refractivity contribution in [2.75, 3.05) is 25.0 Å². The number of nitrogens with zero attached hydrogens (tertiary/aromatic N) is 2. The van der Waals surface area contributed by atoms with Crippen molar-refractivity contribution in [1.82, 2.24) is 15.1 Å². The zero-order valence-corrected chi connectivity index (χ0v) is 10.6. The molecule has 0 amide bonds. The van der Waals surface area contributed by atoms with E-state index < -0.39 is 0 Å². The molecule has 2 heterocycles. The average Bonchev–Trinajstić information content (AvgIpc) is 2.77. The highest BCUT2D eigenvalue weighted by Crippen LogP contribution is 2.16. The molecule has 0 spiro atoms. The molecule has 1 unspecified atom stereocenters. The van der Waals surface area contributed by atoms with Gasteiger partial charge in [-0.25, -0.2) is 5.10 Å². The van der Waals surface area contributed by atoms with Crippen LogP contribution in [0.15, 0.2) is 11.0 Å². The summed E-state index contributed by atoms with van der Waals surface area (Å²) < 4.78 is 0.